The lowest BCUT2D eigenvalue weighted by Crippen LogP contribution is -2.26. The molecule has 0 unspecified atom stereocenters. The van der Waals surface area contributed by atoms with Gasteiger partial charge in [-0.3, -0.25) is 4.79 Å². The summed E-state index contributed by atoms with van der Waals surface area (Å²) in [7, 11) is 5.92. The maximum Gasteiger partial charge on any atom is 0.222 e. The zero-order chi connectivity index (χ0) is 18.5. The van der Waals surface area contributed by atoms with Gasteiger partial charge in [0.1, 0.15) is 0 Å². The van der Waals surface area contributed by atoms with Gasteiger partial charge in [0.25, 0.3) is 0 Å². The first-order chi connectivity index (χ1) is 12.5. The zero-order valence-electron chi connectivity index (χ0n) is 15.6. The number of thiazole rings is 1. The first-order valence-electron chi connectivity index (χ1n) is 8.87. The summed E-state index contributed by atoms with van der Waals surface area (Å²) in [6, 6.07) is 16.5. The van der Waals surface area contributed by atoms with Gasteiger partial charge in [-0.05, 0) is 42.7 Å². The van der Waals surface area contributed by atoms with Crippen molar-refractivity contribution in [3.63, 3.8) is 0 Å². The van der Waals surface area contributed by atoms with Crippen molar-refractivity contribution >= 4 is 33.1 Å². The summed E-state index contributed by atoms with van der Waals surface area (Å²) in [4.78, 5) is 20.9. The van der Waals surface area contributed by atoms with Crippen LogP contribution in [0.2, 0.25) is 0 Å². The number of hydrogen-bond acceptors (Lipinski definition) is 4. The van der Waals surface area contributed by atoms with Crippen LogP contribution in [-0.4, -0.2) is 36.9 Å². The molecule has 4 nitrogen and oxygen atoms in total. The summed E-state index contributed by atoms with van der Waals surface area (Å²) >= 11 is 1.72. The molecule has 3 rings (SSSR count). The van der Waals surface area contributed by atoms with Crippen molar-refractivity contribution in [1.82, 2.24) is 9.88 Å². The van der Waals surface area contributed by atoms with E-state index < -0.39 is 0 Å². The molecular weight excluding hydrogens is 342 g/mol. The molecule has 0 spiro atoms. The van der Waals surface area contributed by atoms with Crippen LogP contribution in [0.4, 0.5) is 5.69 Å². The van der Waals surface area contributed by atoms with Crippen molar-refractivity contribution in [3.05, 3.63) is 59.1 Å². The van der Waals surface area contributed by atoms with Crippen molar-refractivity contribution in [2.24, 2.45) is 0 Å². The average molecular weight is 368 g/mol. The van der Waals surface area contributed by atoms with Crippen molar-refractivity contribution < 1.29 is 4.79 Å². The molecule has 0 radical (unpaired) electrons. The second kappa shape index (κ2) is 8.32. The molecular formula is C21H25N3OS. The van der Waals surface area contributed by atoms with Gasteiger partial charge in [0.15, 0.2) is 0 Å². The Morgan fingerprint density at radius 3 is 2.46 bits per heavy atom. The number of aromatic nitrogens is 1. The normalized spacial score (nSPS) is 10.9. The molecule has 0 aliphatic carbocycles. The number of anilines is 1. The number of fused-ring (bicyclic) bond motifs is 1. The first-order valence-corrected chi connectivity index (χ1v) is 9.69. The fourth-order valence-corrected chi connectivity index (χ4v) is 3.88. The van der Waals surface area contributed by atoms with Gasteiger partial charge < -0.3 is 9.80 Å². The minimum absolute atomic E-state index is 0.183. The van der Waals surface area contributed by atoms with E-state index in [-0.39, 0.29) is 5.91 Å². The van der Waals surface area contributed by atoms with Gasteiger partial charge in [-0.15, -0.1) is 11.3 Å². The number of carbonyl (C=O) groups is 1. The maximum absolute atomic E-state index is 12.4. The molecule has 0 aliphatic heterocycles. The van der Waals surface area contributed by atoms with E-state index in [1.54, 1.807) is 11.3 Å². The Morgan fingerprint density at radius 2 is 1.77 bits per heavy atom. The van der Waals surface area contributed by atoms with E-state index in [9.17, 15) is 4.79 Å². The molecule has 0 fully saturated rings. The van der Waals surface area contributed by atoms with Gasteiger partial charge in [-0.2, -0.15) is 0 Å². The van der Waals surface area contributed by atoms with Gasteiger partial charge >= 0.3 is 0 Å². The third kappa shape index (κ3) is 4.61. The van der Waals surface area contributed by atoms with Crippen molar-refractivity contribution in [2.75, 3.05) is 26.0 Å². The van der Waals surface area contributed by atoms with Crippen molar-refractivity contribution in [3.8, 4) is 0 Å². The Bertz CT molecular complexity index is 837. The Morgan fingerprint density at radius 1 is 1.04 bits per heavy atom. The number of benzene rings is 2. The van der Waals surface area contributed by atoms with E-state index in [0.29, 0.717) is 13.0 Å². The standard InChI is InChI=1S/C21H25N3OS/c1-23(2)17-13-11-16(12-14-17)15-24(3)21(25)10-6-9-20-22-18-7-4-5-8-19(18)26-20/h4-5,7-8,11-14H,6,9-10,15H2,1-3H3. The molecule has 0 bridgehead atoms. The fourth-order valence-electron chi connectivity index (χ4n) is 2.87. The lowest BCUT2D eigenvalue weighted by Gasteiger charge is -2.18. The van der Waals surface area contributed by atoms with Gasteiger partial charge in [-0.25, -0.2) is 4.98 Å². The molecule has 0 saturated carbocycles. The van der Waals surface area contributed by atoms with Crippen LogP contribution in [0, 0.1) is 0 Å². The van der Waals surface area contributed by atoms with E-state index in [1.807, 2.05) is 44.2 Å². The van der Waals surface area contributed by atoms with Gasteiger partial charge in [0.2, 0.25) is 5.91 Å². The predicted molar refractivity (Wildman–Crippen MR) is 110 cm³/mol. The van der Waals surface area contributed by atoms with E-state index in [1.165, 1.54) is 10.4 Å². The molecule has 3 aromatic rings. The number of para-hydroxylation sites is 1. The number of hydrogen-bond donors (Lipinski definition) is 0. The summed E-state index contributed by atoms with van der Waals surface area (Å²) in [5.74, 6) is 0.183. The maximum atomic E-state index is 12.4. The highest BCUT2D eigenvalue weighted by atomic mass is 32.1. The minimum Gasteiger partial charge on any atom is -0.378 e. The number of nitrogens with zero attached hydrogens (tertiary/aromatic N) is 3. The van der Waals surface area contributed by atoms with Crippen LogP contribution in [0.5, 0.6) is 0 Å². The molecule has 0 N–H and O–H groups in total. The summed E-state index contributed by atoms with van der Waals surface area (Å²) < 4.78 is 1.21. The fraction of sp³-hybridized carbons (Fsp3) is 0.333. The van der Waals surface area contributed by atoms with Crippen LogP contribution in [0.1, 0.15) is 23.4 Å². The van der Waals surface area contributed by atoms with Crippen molar-refractivity contribution in [1.29, 1.82) is 0 Å². The van der Waals surface area contributed by atoms with E-state index in [4.69, 9.17) is 0 Å². The van der Waals surface area contributed by atoms with Crippen LogP contribution >= 0.6 is 11.3 Å². The number of rotatable bonds is 7. The molecule has 1 amide bonds. The topological polar surface area (TPSA) is 36.4 Å². The SMILES string of the molecule is CN(Cc1ccc(N(C)C)cc1)C(=O)CCCc1nc2ccccc2s1. The van der Waals surface area contributed by atoms with Crippen LogP contribution in [0.3, 0.4) is 0 Å². The monoisotopic (exact) mass is 367 g/mol. The molecule has 1 heterocycles. The quantitative estimate of drug-likeness (QED) is 0.623. The molecule has 1 aromatic heterocycles. The van der Waals surface area contributed by atoms with Gasteiger partial charge in [-0.1, -0.05) is 24.3 Å². The highest BCUT2D eigenvalue weighted by molar-refractivity contribution is 7.18. The Labute approximate surface area is 159 Å². The number of amides is 1. The third-order valence-electron chi connectivity index (χ3n) is 4.42. The molecule has 0 atom stereocenters. The lowest BCUT2D eigenvalue weighted by molar-refractivity contribution is -0.130. The molecule has 0 aliphatic rings. The molecule has 2 aromatic carbocycles. The molecule has 5 heteroatoms. The molecule has 0 saturated heterocycles. The zero-order valence-corrected chi connectivity index (χ0v) is 16.4. The Balaban J connectivity index is 1.47. The summed E-state index contributed by atoms with van der Waals surface area (Å²) in [5.41, 5.74) is 3.37. The van der Waals surface area contributed by atoms with Crippen LogP contribution in [0.25, 0.3) is 10.2 Å². The molecule has 136 valence electrons. The summed E-state index contributed by atoms with van der Waals surface area (Å²) in [6.07, 6.45) is 2.25. The van der Waals surface area contributed by atoms with Crippen molar-refractivity contribution in [2.45, 2.75) is 25.8 Å². The predicted octanol–water partition coefficient (Wildman–Crippen LogP) is 4.34. The van der Waals surface area contributed by atoms with E-state index >= 15 is 0 Å². The number of carbonyl (C=O) groups excluding carboxylic acids is 1. The first kappa shape index (κ1) is 18.4. The molecule has 26 heavy (non-hydrogen) atoms. The number of aryl methyl sites for hydroxylation is 1. The van der Waals surface area contributed by atoms with E-state index in [0.717, 1.165) is 28.9 Å². The second-order valence-electron chi connectivity index (χ2n) is 6.74. The van der Waals surface area contributed by atoms with Crippen LogP contribution < -0.4 is 4.90 Å². The highest BCUT2D eigenvalue weighted by Crippen LogP contribution is 2.23. The second-order valence-corrected chi connectivity index (χ2v) is 7.85. The minimum atomic E-state index is 0.183. The smallest absolute Gasteiger partial charge is 0.222 e. The average Bonchev–Trinajstić information content (AvgIpc) is 3.04. The largest absolute Gasteiger partial charge is 0.378 e. The summed E-state index contributed by atoms with van der Waals surface area (Å²) in [6.45, 7) is 0.647. The lowest BCUT2D eigenvalue weighted by atomic mass is 10.1. The van der Waals surface area contributed by atoms with Crippen LogP contribution in [-0.2, 0) is 17.8 Å². The van der Waals surface area contributed by atoms with E-state index in [2.05, 4.69) is 40.2 Å². The van der Waals surface area contributed by atoms with Gasteiger partial charge in [0.05, 0.1) is 15.2 Å². The summed E-state index contributed by atoms with van der Waals surface area (Å²) in [5, 5.41) is 1.11. The Kier molecular flexibility index (Phi) is 5.89. The Hall–Kier alpha value is -2.40. The van der Waals surface area contributed by atoms with Crippen LogP contribution in [0.15, 0.2) is 48.5 Å². The third-order valence-corrected chi connectivity index (χ3v) is 5.51. The van der Waals surface area contributed by atoms with Gasteiger partial charge in [0, 0.05) is 39.8 Å². The highest BCUT2D eigenvalue weighted by Gasteiger charge is 2.10.